The van der Waals surface area contributed by atoms with Crippen LogP contribution in [-0.2, 0) is 16.6 Å². The van der Waals surface area contributed by atoms with Crippen molar-refractivity contribution in [3.63, 3.8) is 0 Å². The van der Waals surface area contributed by atoms with Gasteiger partial charge in [-0.3, -0.25) is 4.79 Å². The second kappa shape index (κ2) is 6.42. The van der Waals surface area contributed by atoms with E-state index in [-0.39, 0.29) is 17.0 Å². The summed E-state index contributed by atoms with van der Waals surface area (Å²) in [7, 11) is -3.85. The van der Waals surface area contributed by atoms with Crippen LogP contribution in [0.25, 0.3) is 10.9 Å². The first-order chi connectivity index (χ1) is 11.8. The molecule has 0 aliphatic rings. The maximum atomic E-state index is 13.2. The zero-order valence-corrected chi connectivity index (χ0v) is 14.6. The molecule has 0 aliphatic heterocycles. The zero-order valence-electron chi connectivity index (χ0n) is 13.8. The van der Waals surface area contributed by atoms with E-state index in [0.717, 1.165) is 23.1 Å². The molecule has 0 aliphatic carbocycles. The number of pyridine rings is 1. The molecule has 2 N–H and O–H groups in total. The molecule has 7 heteroatoms. The molecule has 0 spiro atoms. The minimum absolute atomic E-state index is 0.0121. The topological polar surface area (TPSA) is 79.0 Å². The lowest BCUT2D eigenvalue weighted by Crippen LogP contribution is -2.27. The van der Waals surface area contributed by atoms with Crippen molar-refractivity contribution in [2.24, 2.45) is 0 Å². The number of aromatic amines is 1. The third kappa shape index (κ3) is 3.62. The molecular formula is C18H17FN2O3S. The van der Waals surface area contributed by atoms with Crippen molar-refractivity contribution in [3.05, 3.63) is 75.3 Å². The highest BCUT2D eigenvalue weighted by Gasteiger charge is 2.17. The lowest BCUT2D eigenvalue weighted by Gasteiger charge is -2.10. The van der Waals surface area contributed by atoms with Gasteiger partial charge in [-0.05, 0) is 61.2 Å². The van der Waals surface area contributed by atoms with E-state index < -0.39 is 15.8 Å². The van der Waals surface area contributed by atoms with Crippen molar-refractivity contribution >= 4 is 20.9 Å². The molecular weight excluding hydrogens is 343 g/mol. The van der Waals surface area contributed by atoms with Gasteiger partial charge in [0.05, 0.1) is 4.90 Å². The van der Waals surface area contributed by atoms with Crippen molar-refractivity contribution in [2.45, 2.75) is 25.3 Å². The molecule has 1 aromatic heterocycles. The van der Waals surface area contributed by atoms with E-state index in [1.165, 1.54) is 13.0 Å². The number of fused-ring (bicyclic) bond motifs is 1. The Morgan fingerprint density at radius 2 is 1.84 bits per heavy atom. The maximum absolute atomic E-state index is 13.2. The van der Waals surface area contributed by atoms with Gasteiger partial charge in [0.2, 0.25) is 10.0 Å². The van der Waals surface area contributed by atoms with Crippen LogP contribution in [0, 0.1) is 19.7 Å². The maximum Gasteiger partial charge on any atom is 0.252 e. The van der Waals surface area contributed by atoms with Crippen LogP contribution < -0.4 is 10.3 Å². The average molecular weight is 360 g/mol. The summed E-state index contributed by atoms with van der Waals surface area (Å²) in [6.07, 6.45) is 0. The van der Waals surface area contributed by atoms with E-state index in [9.17, 15) is 17.6 Å². The van der Waals surface area contributed by atoms with Crippen molar-refractivity contribution in [2.75, 3.05) is 0 Å². The number of H-pyrrole nitrogens is 1. The van der Waals surface area contributed by atoms with Crippen LogP contribution in [-0.4, -0.2) is 13.4 Å². The van der Waals surface area contributed by atoms with Gasteiger partial charge in [-0.1, -0.05) is 11.6 Å². The quantitative estimate of drug-likeness (QED) is 0.751. The van der Waals surface area contributed by atoms with Crippen LogP contribution in [0.15, 0.2) is 52.2 Å². The smallest absolute Gasteiger partial charge is 0.252 e. The summed E-state index contributed by atoms with van der Waals surface area (Å²) in [6.45, 7) is 3.30. The predicted molar refractivity (Wildman–Crippen MR) is 94.5 cm³/mol. The molecule has 3 rings (SSSR count). The summed E-state index contributed by atoms with van der Waals surface area (Å²) < 4.78 is 40.4. The van der Waals surface area contributed by atoms with E-state index in [0.29, 0.717) is 16.6 Å². The number of aromatic nitrogens is 1. The third-order valence-electron chi connectivity index (χ3n) is 3.96. The number of sulfonamides is 1. The van der Waals surface area contributed by atoms with Gasteiger partial charge in [-0.15, -0.1) is 0 Å². The van der Waals surface area contributed by atoms with Crippen LogP contribution >= 0.6 is 0 Å². The van der Waals surface area contributed by atoms with E-state index in [2.05, 4.69) is 9.71 Å². The molecule has 0 fully saturated rings. The van der Waals surface area contributed by atoms with Gasteiger partial charge in [0.15, 0.2) is 0 Å². The first-order valence-corrected chi connectivity index (χ1v) is 9.13. The SMILES string of the molecule is Cc1ccc2[nH]c(=O)c(CNS(=O)(=O)c3ccc(F)cc3C)cc2c1. The number of rotatable bonds is 4. The number of nitrogens with one attached hydrogen (secondary N) is 2. The first kappa shape index (κ1) is 17.3. The Kier molecular flexibility index (Phi) is 4.45. The number of halogens is 1. The Bertz CT molecular complexity index is 1120. The standard InChI is InChI=1S/C18H17FN2O3S/c1-11-3-5-16-13(7-11)9-14(18(22)21-16)10-20-25(23,24)17-6-4-15(19)8-12(17)2/h3-9,20H,10H2,1-2H3,(H,21,22). The largest absolute Gasteiger partial charge is 0.322 e. The molecule has 0 unspecified atom stereocenters. The molecule has 0 atom stereocenters. The monoisotopic (exact) mass is 360 g/mol. The summed E-state index contributed by atoms with van der Waals surface area (Å²) >= 11 is 0. The van der Waals surface area contributed by atoms with Crippen LogP contribution in [0.1, 0.15) is 16.7 Å². The summed E-state index contributed by atoms with van der Waals surface area (Å²) in [5, 5.41) is 0.826. The van der Waals surface area contributed by atoms with Crippen LogP contribution in [0.2, 0.25) is 0 Å². The fraction of sp³-hybridized carbons (Fsp3) is 0.167. The van der Waals surface area contributed by atoms with Crippen LogP contribution in [0.5, 0.6) is 0 Å². The number of benzene rings is 2. The number of hydrogen-bond acceptors (Lipinski definition) is 3. The molecule has 1 heterocycles. The van der Waals surface area contributed by atoms with Crippen molar-refractivity contribution in [1.29, 1.82) is 0 Å². The van der Waals surface area contributed by atoms with Gasteiger partial charge in [0.25, 0.3) is 5.56 Å². The van der Waals surface area contributed by atoms with Gasteiger partial charge in [0.1, 0.15) is 5.82 Å². The fourth-order valence-corrected chi connectivity index (χ4v) is 3.90. The molecule has 5 nitrogen and oxygen atoms in total. The molecule has 130 valence electrons. The van der Waals surface area contributed by atoms with Gasteiger partial charge >= 0.3 is 0 Å². The highest BCUT2D eigenvalue weighted by atomic mass is 32.2. The Hall–Kier alpha value is -2.51. The van der Waals surface area contributed by atoms with E-state index in [1.54, 1.807) is 6.07 Å². The molecule has 0 amide bonds. The summed E-state index contributed by atoms with van der Waals surface area (Å²) in [5.74, 6) is -0.502. The molecule has 0 saturated heterocycles. The van der Waals surface area contributed by atoms with E-state index >= 15 is 0 Å². The Morgan fingerprint density at radius 1 is 1.08 bits per heavy atom. The van der Waals surface area contributed by atoms with Gasteiger partial charge in [0, 0.05) is 17.6 Å². The fourth-order valence-electron chi connectivity index (χ4n) is 2.67. The molecule has 2 aromatic carbocycles. The summed E-state index contributed by atoms with van der Waals surface area (Å²) in [5.41, 5.74) is 1.98. The summed E-state index contributed by atoms with van der Waals surface area (Å²) in [6, 6.07) is 10.7. The van der Waals surface area contributed by atoms with Gasteiger partial charge in [-0.25, -0.2) is 17.5 Å². The van der Waals surface area contributed by atoms with E-state index in [1.807, 2.05) is 25.1 Å². The lowest BCUT2D eigenvalue weighted by molar-refractivity contribution is 0.579. The van der Waals surface area contributed by atoms with Crippen LogP contribution in [0.4, 0.5) is 4.39 Å². The normalized spacial score (nSPS) is 11.8. The van der Waals surface area contributed by atoms with Crippen molar-refractivity contribution in [3.8, 4) is 0 Å². The highest BCUT2D eigenvalue weighted by molar-refractivity contribution is 7.89. The van der Waals surface area contributed by atoms with E-state index in [4.69, 9.17) is 0 Å². The molecule has 0 saturated carbocycles. The van der Waals surface area contributed by atoms with Crippen molar-refractivity contribution < 1.29 is 12.8 Å². The second-order valence-corrected chi connectivity index (χ2v) is 7.68. The van der Waals surface area contributed by atoms with Gasteiger partial charge < -0.3 is 4.98 Å². The third-order valence-corrected chi connectivity index (χ3v) is 5.52. The Balaban J connectivity index is 1.91. The number of hydrogen-bond donors (Lipinski definition) is 2. The minimum atomic E-state index is -3.85. The first-order valence-electron chi connectivity index (χ1n) is 7.65. The van der Waals surface area contributed by atoms with Gasteiger partial charge in [-0.2, -0.15) is 0 Å². The highest BCUT2D eigenvalue weighted by Crippen LogP contribution is 2.17. The number of aryl methyl sites for hydroxylation is 2. The molecule has 0 radical (unpaired) electrons. The van der Waals surface area contributed by atoms with Crippen LogP contribution in [0.3, 0.4) is 0 Å². The Morgan fingerprint density at radius 3 is 2.56 bits per heavy atom. The lowest BCUT2D eigenvalue weighted by atomic mass is 10.1. The molecule has 0 bridgehead atoms. The molecule has 3 aromatic rings. The zero-order chi connectivity index (χ0) is 18.2. The second-order valence-electron chi connectivity index (χ2n) is 5.95. The minimum Gasteiger partial charge on any atom is -0.322 e. The van der Waals surface area contributed by atoms with Crippen molar-refractivity contribution in [1.82, 2.24) is 9.71 Å². The summed E-state index contributed by atoms with van der Waals surface area (Å²) in [4.78, 5) is 14.9. The average Bonchev–Trinajstić information content (AvgIpc) is 2.53. The predicted octanol–water partition coefficient (Wildman–Crippen LogP) is 2.76. The Labute approximate surface area is 144 Å². The molecule has 25 heavy (non-hydrogen) atoms.